The van der Waals surface area contributed by atoms with Crippen molar-refractivity contribution in [3.05, 3.63) is 120 Å². The van der Waals surface area contributed by atoms with E-state index in [1.54, 1.807) is 0 Å². The predicted octanol–water partition coefficient (Wildman–Crippen LogP) is 8.05. The first kappa shape index (κ1) is 25.9. The molecule has 2 nitrogen and oxygen atoms in total. The van der Waals surface area contributed by atoms with Crippen LogP contribution in [-0.2, 0) is 10.3 Å². The van der Waals surface area contributed by atoms with Crippen LogP contribution in [0, 0.1) is 0 Å². The smallest absolute Gasteiger partial charge is 0.143 e. The van der Waals surface area contributed by atoms with Crippen molar-refractivity contribution in [3.63, 3.8) is 0 Å². The lowest BCUT2D eigenvalue weighted by Gasteiger charge is -2.36. The Kier molecular flexibility index (Phi) is 11.1. The molecule has 1 atom stereocenters. The molecule has 0 spiro atoms. The van der Waals surface area contributed by atoms with Gasteiger partial charge in [0, 0.05) is 0 Å². The maximum absolute atomic E-state index is 10.3. The third-order valence-electron chi connectivity index (χ3n) is 6.36. The Morgan fingerprint density at radius 1 is 0.706 bits per heavy atom. The summed E-state index contributed by atoms with van der Waals surface area (Å²) in [6, 6.07) is 31.4. The normalized spacial score (nSPS) is 12.8. The van der Waals surface area contributed by atoms with Gasteiger partial charge in [0.2, 0.25) is 0 Å². The van der Waals surface area contributed by atoms with E-state index in [0.29, 0.717) is 6.61 Å². The monoisotopic (exact) mass is 456 g/mol. The van der Waals surface area contributed by atoms with Crippen LogP contribution in [0.5, 0.6) is 0 Å². The molecule has 0 heterocycles. The van der Waals surface area contributed by atoms with Gasteiger partial charge >= 0.3 is 0 Å². The number of aliphatic hydroxyl groups is 1. The number of hydrogen-bond acceptors (Lipinski definition) is 2. The molecular formula is C32H40O2. The lowest BCUT2D eigenvalue weighted by atomic mass is 9.80. The molecule has 3 rings (SSSR count). The zero-order chi connectivity index (χ0) is 23.9. The second kappa shape index (κ2) is 14.6. The predicted molar refractivity (Wildman–Crippen MR) is 143 cm³/mol. The number of hydrogen-bond donors (Lipinski definition) is 1. The van der Waals surface area contributed by atoms with Gasteiger partial charge < -0.3 is 9.84 Å². The number of rotatable bonds is 15. The van der Waals surface area contributed by atoms with Crippen LogP contribution in [0.2, 0.25) is 0 Å². The summed E-state index contributed by atoms with van der Waals surface area (Å²) in [6.07, 6.45) is 12.7. The minimum atomic E-state index is -0.686. The van der Waals surface area contributed by atoms with Crippen LogP contribution < -0.4 is 0 Å². The van der Waals surface area contributed by atoms with E-state index in [0.717, 1.165) is 36.0 Å². The summed E-state index contributed by atoms with van der Waals surface area (Å²) >= 11 is 0. The Balaban J connectivity index is 1.67. The van der Waals surface area contributed by atoms with Gasteiger partial charge in [0.15, 0.2) is 0 Å². The van der Waals surface area contributed by atoms with Gasteiger partial charge in [-0.2, -0.15) is 0 Å². The van der Waals surface area contributed by atoms with Crippen molar-refractivity contribution in [2.24, 2.45) is 0 Å². The Labute approximate surface area is 206 Å². The zero-order valence-electron chi connectivity index (χ0n) is 20.6. The summed E-state index contributed by atoms with van der Waals surface area (Å²) in [5, 5.41) is 10.3. The van der Waals surface area contributed by atoms with Crippen molar-refractivity contribution in [2.45, 2.75) is 70.0 Å². The lowest BCUT2D eigenvalue weighted by Crippen LogP contribution is -2.33. The zero-order valence-corrected chi connectivity index (χ0v) is 20.6. The molecule has 0 aromatic heterocycles. The van der Waals surface area contributed by atoms with E-state index >= 15 is 0 Å². The topological polar surface area (TPSA) is 29.5 Å². The highest BCUT2D eigenvalue weighted by Gasteiger charge is 2.37. The number of benzene rings is 3. The van der Waals surface area contributed by atoms with Crippen LogP contribution in [-0.4, -0.2) is 17.8 Å². The summed E-state index contributed by atoms with van der Waals surface area (Å²) in [5.74, 6) is 0. The molecule has 0 aliphatic carbocycles. The van der Waals surface area contributed by atoms with Crippen LogP contribution in [0.25, 0.3) is 0 Å². The Bertz CT molecular complexity index is 838. The molecule has 0 fully saturated rings. The molecule has 0 saturated carbocycles. The molecule has 0 amide bonds. The molecule has 0 bridgehead atoms. The third kappa shape index (κ3) is 7.41. The largest absolute Gasteiger partial charge is 0.389 e. The molecule has 0 saturated heterocycles. The molecule has 180 valence electrons. The minimum Gasteiger partial charge on any atom is -0.389 e. The van der Waals surface area contributed by atoms with Gasteiger partial charge in [0.1, 0.15) is 5.60 Å². The molecule has 0 radical (unpaired) electrons. The molecule has 34 heavy (non-hydrogen) atoms. The summed E-state index contributed by atoms with van der Waals surface area (Å²) in [5.41, 5.74) is 2.65. The van der Waals surface area contributed by atoms with Crippen LogP contribution in [0.15, 0.2) is 103 Å². The lowest BCUT2D eigenvalue weighted by molar-refractivity contribution is 0.0156. The van der Waals surface area contributed by atoms with Crippen molar-refractivity contribution in [2.75, 3.05) is 6.61 Å². The Hall–Kier alpha value is -2.68. The van der Waals surface area contributed by atoms with E-state index in [4.69, 9.17) is 4.74 Å². The third-order valence-corrected chi connectivity index (χ3v) is 6.36. The Morgan fingerprint density at radius 3 is 1.68 bits per heavy atom. The highest BCUT2D eigenvalue weighted by Crippen LogP contribution is 2.40. The molecule has 3 aromatic carbocycles. The van der Waals surface area contributed by atoms with Crippen LogP contribution in [0.4, 0.5) is 0 Å². The average Bonchev–Trinajstić information content (AvgIpc) is 2.90. The highest BCUT2D eigenvalue weighted by molar-refractivity contribution is 5.47. The Morgan fingerprint density at radius 2 is 1.18 bits per heavy atom. The number of unbranched alkanes of at least 4 members (excludes halogenated alkanes) is 5. The first-order valence-corrected chi connectivity index (χ1v) is 12.9. The van der Waals surface area contributed by atoms with Crippen molar-refractivity contribution in [3.8, 4) is 0 Å². The van der Waals surface area contributed by atoms with E-state index in [1.807, 2.05) is 24.3 Å². The van der Waals surface area contributed by atoms with Crippen LogP contribution in [0.3, 0.4) is 0 Å². The molecular weight excluding hydrogens is 416 g/mol. The standard InChI is InChI=1S/C32H40O2/c1-2-3-4-5-6-16-25-31(33)26-17-18-27-34-32(28-19-10-7-11-20-28,29-21-12-8-13-22-29)30-23-14-9-15-24-30/h7-15,17,19-24,26,31,33H,2-6,16,18,25,27H2,1H3/b26-17+/t31-/m1/s1. The summed E-state index contributed by atoms with van der Waals surface area (Å²) in [7, 11) is 0. The molecule has 0 unspecified atom stereocenters. The van der Waals surface area contributed by atoms with Crippen molar-refractivity contribution >= 4 is 0 Å². The second-order valence-electron chi connectivity index (χ2n) is 8.97. The van der Waals surface area contributed by atoms with Gasteiger partial charge in [0.25, 0.3) is 0 Å². The maximum atomic E-state index is 10.3. The van der Waals surface area contributed by atoms with Crippen molar-refractivity contribution in [1.82, 2.24) is 0 Å². The first-order valence-electron chi connectivity index (χ1n) is 12.9. The summed E-state index contributed by atoms with van der Waals surface area (Å²) in [6.45, 7) is 2.79. The fourth-order valence-corrected chi connectivity index (χ4v) is 4.53. The molecule has 2 heteroatoms. The van der Waals surface area contributed by atoms with Crippen molar-refractivity contribution < 1.29 is 9.84 Å². The van der Waals surface area contributed by atoms with E-state index < -0.39 is 5.60 Å². The van der Waals surface area contributed by atoms with Gasteiger partial charge in [-0.15, -0.1) is 0 Å². The quantitative estimate of drug-likeness (QED) is 0.142. The number of ether oxygens (including phenoxy) is 1. The van der Waals surface area contributed by atoms with Gasteiger partial charge in [-0.05, 0) is 29.5 Å². The fourth-order valence-electron chi connectivity index (χ4n) is 4.53. The van der Waals surface area contributed by atoms with Gasteiger partial charge in [0.05, 0.1) is 12.7 Å². The van der Waals surface area contributed by atoms with Crippen LogP contribution in [0.1, 0.15) is 75.0 Å². The minimum absolute atomic E-state index is 0.367. The first-order chi connectivity index (χ1) is 16.8. The average molecular weight is 457 g/mol. The van der Waals surface area contributed by atoms with Gasteiger partial charge in [-0.3, -0.25) is 0 Å². The van der Waals surface area contributed by atoms with Crippen molar-refractivity contribution in [1.29, 1.82) is 0 Å². The molecule has 0 aliphatic rings. The number of aliphatic hydroxyl groups excluding tert-OH is 1. The molecule has 3 aromatic rings. The van der Waals surface area contributed by atoms with E-state index in [2.05, 4.69) is 85.8 Å². The fraction of sp³-hybridized carbons (Fsp3) is 0.375. The van der Waals surface area contributed by atoms with Gasteiger partial charge in [-0.25, -0.2) is 0 Å². The van der Waals surface area contributed by atoms with E-state index in [-0.39, 0.29) is 6.10 Å². The molecule has 1 N–H and O–H groups in total. The van der Waals surface area contributed by atoms with Crippen LogP contribution >= 0.6 is 0 Å². The van der Waals surface area contributed by atoms with E-state index in [1.165, 1.54) is 32.1 Å². The summed E-state index contributed by atoms with van der Waals surface area (Å²) in [4.78, 5) is 0. The van der Waals surface area contributed by atoms with Gasteiger partial charge in [-0.1, -0.05) is 149 Å². The maximum Gasteiger partial charge on any atom is 0.143 e. The second-order valence-corrected chi connectivity index (χ2v) is 8.97. The van der Waals surface area contributed by atoms with E-state index in [9.17, 15) is 5.11 Å². The molecule has 0 aliphatic heterocycles. The summed E-state index contributed by atoms with van der Waals surface area (Å²) < 4.78 is 6.77. The highest BCUT2D eigenvalue weighted by atomic mass is 16.5. The SMILES string of the molecule is CCCCCCCC[C@@H](O)/C=C/CCOC(c1ccccc1)(c1ccccc1)c1ccccc1.